The number of nitrogens with zero attached hydrogens (tertiary/aromatic N) is 4. The Kier molecular flexibility index (Phi) is 4.49. The highest BCUT2D eigenvalue weighted by Crippen LogP contribution is 2.07. The lowest BCUT2D eigenvalue weighted by Crippen LogP contribution is -2.32. The lowest BCUT2D eigenvalue weighted by molar-refractivity contribution is 0.822. The molecule has 0 radical (unpaired) electrons. The SMILES string of the molecule is CCCNC(N)=NCc1ccnc(-n2cccn2)c1. The van der Waals surface area contributed by atoms with Crippen molar-refractivity contribution in [2.75, 3.05) is 6.54 Å². The molecule has 0 amide bonds. The van der Waals surface area contributed by atoms with Gasteiger partial charge in [-0.25, -0.2) is 14.7 Å². The summed E-state index contributed by atoms with van der Waals surface area (Å²) in [7, 11) is 0. The molecule has 3 N–H and O–H groups in total. The van der Waals surface area contributed by atoms with Gasteiger partial charge in [0.05, 0.1) is 6.54 Å². The van der Waals surface area contributed by atoms with Crippen LogP contribution >= 0.6 is 0 Å². The molecule has 19 heavy (non-hydrogen) atoms. The first-order chi connectivity index (χ1) is 9.29. The summed E-state index contributed by atoms with van der Waals surface area (Å²) in [5.41, 5.74) is 6.79. The van der Waals surface area contributed by atoms with Gasteiger partial charge in [-0.1, -0.05) is 6.92 Å². The molecule has 0 fully saturated rings. The van der Waals surface area contributed by atoms with Gasteiger partial charge in [0.2, 0.25) is 0 Å². The molecule has 6 nitrogen and oxygen atoms in total. The van der Waals surface area contributed by atoms with Gasteiger partial charge in [-0.3, -0.25) is 0 Å². The molecule has 0 aromatic carbocycles. The topological polar surface area (TPSA) is 81.1 Å². The van der Waals surface area contributed by atoms with Gasteiger partial charge in [0, 0.05) is 25.1 Å². The van der Waals surface area contributed by atoms with E-state index in [1.807, 2.05) is 24.4 Å². The number of rotatable bonds is 5. The first-order valence-electron chi connectivity index (χ1n) is 6.28. The molecule has 0 saturated heterocycles. The average Bonchev–Trinajstić information content (AvgIpc) is 2.97. The number of aliphatic imine (C=N–C) groups is 1. The molecule has 0 aliphatic heterocycles. The van der Waals surface area contributed by atoms with E-state index in [-0.39, 0.29) is 0 Å². The fourth-order valence-electron chi connectivity index (χ4n) is 1.57. The number of nitrogens with two attached hydrogens (primary N) is 1. The average molecular weight is 258 g/mol. The summed E-state index contributed by atoms with van der Waals surface area (Å²) in [6, 6.07) is 5.73. The van der Waals surface area contributed by atoms with E-state index >= 15 is 0 Å². The van der Waals surface area contributed by atoms with E-state index in [0.29, 0.717) is 12.5 Å². The highest BCUT2D eigenvalue weighted by Gasteiger charge is 1.99. The van der Waals surface area contributed by atoms with E-state index in [9.17, 15) is 0 Å². The number of nitrogens with one attached hydrogen (secondary N) is 1. The van der Waals surface area contributed by atoms with Crippen molar-refractivity contribution in [2.24, 2.45) is 10.7 Å². The van der Waals surface area contributed by atoms with Crippen molar-refractivity contribution in [3.8, 4) is 5.82 Å². The largest absolute Gasteiger partial charge is 0.370 e. The first kappa shape index (κ1) is 13.1. The molecule has 0 bridgehead atoms. The van der Waals surface area contributed by atoms with Crippen molar-refractivity contribution in [3.05, 3.63) is 42.4 Å². The quantitative estimate of drug-likeness (QED) is 0.621. The molecule has 2 heterocycles. The van der Waals surface area contributed by atoms with E-state index in [1.165, 1.54) is 0 Å². The lowest BCUT2D eigenvalue weighted by Gasteiger charge is -2.05. The Morgan fingerprint density at radius 2 is 2.37 bits per heavy atom. The molecule has 0 atom stereocenters. The van der Waals surface area contributed by atoms with Gasteiger partial charge < -0.3 is 11.1 Å². The summed E-state index contributed by atoms with van der Waals surface area (Å²) in [5, 5.41) is 7.18. The molecule has 2 aromatic rings. The van der Waals surface area contributed by atoms with E-state index < -0.39 is 0 Å². The summed E-state index contributed by atoms with van der Waals surface area (Å²) in [6.45, 7) is 3.45. The van der Waals surface area contributed by atoms with Gasteiger partial charge in [-0.05, 0) is 30.2 Å². The summed E-state index contributed by atoms with van der Waals surface area (Å²) < 4.78 is 1.71. The third kappa shape index (κ3) is 3.80. The van der Waals surface area contributed by atoms with Gasteiger partial charge >= 0.3 is 0 Å². The zero-order valence-corrected chi connectivity index (χ0v) is 11.0. The van der Waals surface area contributed by atoms with Gasteiger partial charge in [0.25, 0.3) is 0 Å². The molecular formula is C13H18N6. The van der Waals surface area contributed by atoms with E-state index in [1.54, 1.807) is 17.1 Å². The molecule has 2 rings (SSSR count). The highest BCUT2D eigenvalue weighted by molar-refractivity contribution is 5.77. The molecule has 0 aliphatic carbocycles. The number of hydrogen-bond acceptors (Lipinski definition) is 3. The third-order valence-corrected chi connectivity index (χ3v) is 2.54. The van der Waals surface area contributed by atoms with E-state index in [2.05, 4.69) is 27.3 Å². The predicted octanol–water partition coefficient (Wildman–Crippen LogP) is 1.08. The second-order valence-electron chi connectivity index (χ2n) is 4.10. The Bertz CT molecular complexity index is 532. The molecular weight excluding hydrogens is 240 g/mol. The van der Waals surface area contributed by atoms with Crippen molar-refractivity contribution < 1.29 is 0 Å². The van der Waals surface area contributed by atoms with Crippen LogP contribution in [0.15, 0.2) is 41.8 Å². The summed E-state index contributed by atoms with van der Waals surface area (Å²) in [5.74, 6) is 1.25. The van der Waals surface area contributed by atoms with Crippen LogP contribution in [0.5, 0.6) is 0 Å². The predicted molar refractivity (Wildman–Crippen MR) is 75.0 cm³/mol. The first-order valence-corrected chi connectivity index (χ1v) is 6.28. The Balaban J connectivity index is 2.03. The highest BCUT2D eigenvalue weighted by atomic mass is 15.3. The minimum absolute atomic E-state index is 0.472. The van der Waals surface area contributed by atoms with Crippen molar-refractivity contribution in [3.63, 3.8) is 0 Å². The van der Waals surface area contributed by atoms with Crippen LogP contribution < -0.4 is 11.1 Å². The van der Waals surface area contributed by atoms with Crippen LogP contribution in [-0.2, 0) is 6.54 Å². The maximum absolute atomic E-state index is 5.75. The number of guanidine groups is 1. The fourth-order valence-corrected chi connectivity index (χ4v) is 1.57. The smallest absolute Gasteiger partial charge is 0.188 e. The van der Waals surface area contributed by atoms with Crippen LogP contribution in [-0.4, -0.2) is 27.3 Å². The maximum Gasteiger partial charge on any atom is 0.188 e. The monoisotopic (exact) mass is 258 g/mol. The number of pyridine rings is 1. The summed E-state index contributed by atoms with van der Waals surface area (Å²) >= 11 is 0. The Hall–Kier alpha value is -2.37. The maximum atomic E-state index is 5.75. The molecule has 6 heteroatoms. The molecule has 2 aromatic heterocycles. The second kappa shape index (κ2) is 6.53. The zero-order valence-electron chi connectivity index (χ0n) is 11.0. The lowest BCUT2D eigenvalue weighted by atomic mass is 10.2. The Morgan fingerprint density at radius 1 is 1.47 bits per heavy atom. The van der Waals surface area contributed by atoms with Gasteiger partial charge in [0.15, 0.2) is 11.8 Å². The van der Waals surface area contributed by atoms with Crippen molar-refractivity contribution in [2.45, 2.75) is 19.9 Å². The van der Waals surface area contributed by atoms with Gasteiger partial charge in [0.1, 0.15) is 0 Å². The van der Waals surface area contributed by atoms with Crippen molar-refractivity contribution in [1.82, 2.24) is 20.1 Å². The van der Waals surface area contributed by atoms with Crippen LogP contribution in [0.25, 0.3) is 5.82 Å². The minimum atomic E-state index is 0.472. The van der Waals surface area contributed by atoms with Crippen LogP contribution in [0.4, 0.5) is 0 Å². The molecule has 100 valence electrons. The second-order valence-corrected chi connectivity index (χ2v) is 4.10. The van der Waals surface area contributed by atoms with Crippen LogP contribution in [0, 0.1) is 0 Å². The molecule has 0 spiro atoms. The fraction of sp³-hybridized carbons (Fsp3) is 0.308. The molecule has 0 aliphatic rings. The molecule has 0 unspecified atom stereocenters. The standard InChI is InChI=1S/C13H18N6/c1-2-5-16-13(14)17-10-11-4-7-15-12(9-11)19-8-3-6-18-19/h3-4,6-9H,2,5,10H2,1H3,(H3,14,16,17). The molecule has 0 saturated carbocycles. The third-order valence-electron chi connectivity index (χ3n) is 2.54. The normalized spacial score (nSPS) is 11.5. The summed E-state index contributed by atoms with van der Waals surface area (Å²) in [4.78, 5) is 8.54. The van der Waals surface area contributed by atoms with Gasteiger partial charge in [-0.15, -0.1) is 0 Å². The zero-order chi connectivity index (χ0) is 13.5. The number of hydrogen-bond donors (Lipinski definition) is 2. The Morgan fingerprint density at radius 3 is 3.11 bits per heavy atom. The van der Waals surface area contributed by atoms with E-state index in [4.69, 9.17) is 5.73 Å². The van der Waals surface area contributed by atoms with Crippen molar-refractivity contribution in [1.29, 1.82) is 0 Å². The Labute approximate surface area is 112 Å². The summed E-state index contributed by atoms with van der Waals surface area (Å²) in [6.07, 6.45) is 6.35. The van der Waals surface area contributed by atoms with Crippen LogP contribution in [0.3, 0.4) is 0 Å². The van der Waals surface area contributed by atoms with Crippen LogP contribution in [0.1, 0.15) is 18.9 Å². The number of aromatic nitrogens is 3. The van der Waals surface area contributed by atoms with E-state index in [0.717, 1.165) is 24.3 Å². The van der Waals surface area contributed by atoms with Crippen molar-refractivity contribution >= 4 is 5.96 Å². The minimum Gasteiger partial charge on any atom is -0.370 e. The van der Waals surface area contributed by atoms with Gasteiger partial charge in [-0.2, -0.15) is 5.10 Å². The van der Waals surface area contributed by atoms with Crippen LogP contribution in [0.2, 0.25) is 0 Å².